The van der Waals surface area contributed by atoms with Gasteiger partial charge in [-0.2, -0.15) is 0 Å². The summed E-state index contributed by atoms with van der Waals surface area (Å²) in [5, 5.41) is 7.48. The van der Waals surface area contributed by atoms with Gasteiger partial charge in [0.05, 0.1) is 0 Å². The molecule has 71 heavy (non-hydrogen) atoms. The van der Waals surface area contributed by atoms with Crippen molar-refractivity contribution in [3.05, 3.63) is 285 Å². The van der Waals surface area contributed by atoms with Gasteiger partial charge in [0.15, 0.2) is 25.5 Å². The van der Waals surface area contributed by atoms with Crippen LogP contribution >= 0.6 is 0 Å². The van der Waals surface area contributed by atoms with Gasteiger partial charge in [-0.1, -0.05) is 273 Å². The van der Waals surface area contributed by atoms with E-state index in [1.54, 1.807) is 0 Å². The average molecular weight is 922 g/mol. The fraction of sp³-hybridized carbons (Fsp3) is 0. The highest BCUT2D eigenvalue weighted by Crippen LogP contribution is 2.43. The Labute approximate surface area is 416 Å². The first-order valence-corrected chi connectivity index (χ1v) is 26.2. The Morgan fingerprint density at radius 1 is 0.225 bits per heavy atom. The summed E-state index contributed by atoms with van der Waals surface area (Å²) in [5.41, 5.74) is 11.6. The molecule has 4 heteroatoms. The zero-order valence-corrected chi connectivity index (χ0v) is 40.0. The standard InChI is InChI=1S/C67H47N3Si/c1-7-23-48(24-8-1)50-41-43-53(44-42-50)65-68-66(61-40-22-30-51-27-19-20-39-60(51)61)70-67(69-65)63-47-55(49-25-9-2-10-26-49)46-62(64(63)52-28-11-3-12-29-52)54-31-21-38-59(45-54)71(56-32-13-4-14-33-56,57-34-15-5-16-35-57)58-36-17-6-18-37-58/h1-47H. The summed E-state index contributed by atoms with van der Waals surface area (Å²) in [6, 6.07) is 103. The predicted octanol–water partition coefficient (Wildman–Crippen LogP) is 14.1. The zero-order chi connectivity index (χ0) is 47.4. The summed E-state index contributed by atoms with van der Waals surface area (Å²) >= 11 is 0. The van der Waals surface area contributed by atoms with E-state index < -0.39 is 8.07 Å². The Morgan fingerprint density at radius 3 is 1.21 bits per heavy atom. The van der Waals surface area contributed by atoms with Crippen molar-refractivity contribution in [1.29, 1.82) is 0 Å². The lowest BCUT2D eigenvalue weighted by atomic mass is 9.86. The summed E-state index contributed by atoms with van der Waals surface area (Å²) < 4.78 is 0. The molecule has 0 saturated carbocycles. The Balaban J connectivity index is 1.15. The maximum Gasteiger partial charge on any atom is 0.179 e. The molecule has 334 valence electrons. The molecule has 0 N–H and O–H groups in total. The van der Waals surface area contributed by atoms with Crippen molar-refractivity contribution in [2.24, 2.45) is 0 Å². The van der Waals surface area contributed by atoms with Crippen molar-refractivity contribution >= 4 is 39.6 Å². The number of rotatable bonds is 11. The second-order valence-corrected chi connectivity index (χ2v) is 21.7. The summed E-state index contributed by atoms with van der Waals surface area (Å²) in [6.07, 6.45) is 0. The molecular formula is C67H47N3Si. The van der Waals surface area contributed by atoms with Crippen LogP contribution in [0.15, 0.2) is 285 Å². The molecule has 0 aliphatic carbocycles. The molecule has 0 aliphatic rings. The van der Waals surface area contributed by atoms with Gasteiger partial charge in [-0.3, -0.25) is 0 Å². The van der Waals surface area contributed by atoms with Crippen LogP contribution in [0.3, 0.4) is 0 Å². The maximum absolute atomic E-state index is 5.53. The molecule has 1 aromatic heterocycles. The summed E-state index contributed by atoms with van der Waals surface area (Å²) in [5.74, 6) is 1.82. The van der Waals surface area contributed by atoms with Gasteiger partial charge in [0.1, 0.15) is 0 Å². The minimum atomic E-state index is -2.89. The van der Waals surface area contributed by atoms with Gasteiger partial charge in [0.25, 0.3) is 0 Å². The van der Waals surface area contributed by atoms with Gasteiger partial charge in [0, 0.05) is 22.3 Å². The Bertz CT molecular complexity index is 3670. The molecule has 12 aromatic rings. The third kappa shape index (κ3) is 8.27. The number of nitrogens with zero attached hydrogens (tertiary/aromatic N) is 3. The molecule has 0 atom stereocenters. The molecule has 0 unspecified atom stereocenters. The smallest absolute Gasteiger partial charge is 0.179 e. The van der Waals surface area contributed by atoms with E-state index in [-0.39, 0.29) is 0 Å². The molecule has 0 spiro atoms. The van der Waals surface area contributed by atoms with Crippen LogP contribution in [0.4, 0.5) is 0 Å². The van der Waals surface area contributed by atoms with Crippen molar-refractivity contribution in [1.82, 2.24) is 15.0 Å². The maximum atomic E-state index is 5.53. The van der Waals surface area contributed by atoms with Crippen molar-refractivity contribution in [2.45, 2.75) is 0 Å². The van der Waals surface area contributed by atoms with Crippen molar-refractivity contribution < 1.29 is 0 Å². The molecule has 1 heterocycles. The number of hydrogen-bond acceptors (Lipinski definition) is 3. The van der Waals surface area contributed by atoms with Crippen LogP contribution in [0.25, 0.3) is 89.4 Å². The number of hydrogen-bond donors (Lipinski definition) is 0. The van der Waals surface area contributed by atoms with E-state index in [1.165, 1.54) is 20.7 Å². The summed E-state index contributed by atoms with van der Waals surface area (Å²) in [7, 11) is -2.89. The molecule has 3 nitrogen and oxygen atoms in total. The van der Waals surface area contributed by atoms with Gasteiger partial charge in [-0.15, -0.1) is 0 Å². The minimum Gasteiger partial charge on any atom is -0.208 e. The molecule has 0 saturated heterocycles. The van der Waals surface area contributed by atoms with Crippen LogP contribution in [0.2, 0.25) is 0 Å². The van der Waals surface area contributed by atoms with E-state index in [9.17, 15) is 0 Å². The number of fused-ring (bicyclic) bond motifs is 1. The van der Waals surface area contributed by atoms with Gasteiger partial charge in [-0.05, 0) is 82.6 Å². The van der Waals surface area contributed by atoms with E-state index in [1.807, 2.05) is 6.07 Å². The third-order valence-corrected chi connectivity index (χ3v) is 18.5. The average Bonchev–Trinajstić information content (AvgIpc) is 3.46. The first-order chi connectivity index (χ1) is 35.2. The van der Waals surface area contributed by atoms with E-state index >= 15 is 0 Å². The molecule has 0 aliphatic heterocycles. The monoisotopic (exact) mass is 921 g/mol. The summed E-state index contributed by atoms with van der Waals surface area (Å²) in [4.78, 5) is 16.4. The number of aromatic nitrogens is 3. The van der Waals surface area contributed by atoms with Gasteiger partial charge < -0.3 is 0 Å². The Morgan fingerprint density at radius 2 is 0.620 bits per heavy atom. The molecule has 0 radical (unpaired) electrons. The molecule has 0 bridgehead atoms. The predicted molar refractivity (Wildman–Crippen MR) is 299 cm³/mol. The molecule has 0 fully saturated rings. The van der Waals surface area contributed by atoms with Gasteiger partial charge >= 0.3 is 0 Å². The normalized spacial score (nSPS) is 11.4. The first kappa shape index (κ1) is 43.2. The first-order valence-electron chi connectivity index (χ1n) is 24.2. The SMILES string of the molecule is c1ccc(-c2ccc(-c3nc(-c4cc(-c5ccccc5)cc(-c5cccc([Si](c6ccccc6)(c6ccccc6)c6ccccc6)c5)c4-c4ccccc4)nc(-c4cccc5ccccc45)n3)cc2)cc1. The van der Waals surface area contributed by atoms with E-state index in [0.29, 0.717) is 17.5 Å². The lowest BCUT2D eigenvalue weighted by Gasteiger charge is -2.34. The van der Waals surface area contributed by atoms with Gasteiger partial charge in [-0.25, -0.2) is 15.0 Å². The zero-order valence-electron chi connectivity index (χ0n) is 39.0. The van der Waals surface area contributed by atoms with E-state index in [0.717, 1.165) is 72.0 Å². The fourth-order valence-corrected chi connectivity index (χ4v) is 15.1. The fourth-order valence-electron chi connectivity index (χ4n) is 10.4. The van der Waals surface area contributed by atoms with E-state index in [4.69, 9.17) is 15.0 Å². The van der Waals surface area contributed by atoms with Crippen LogP contribution in [-0.2, 0) is 0 Å². The van der Waals surface area contributed by atoms with Gasteiger partial charge in [0.2, 0.25) is 0 Å². The largest absolute Gasteiger partial charge is 0.208 e. The Hall–Kier alpha value is -9.09. The van der Waals surface area contributed by atoms with Crippen molar-refractivity contribution in [2.75, 3.05) is 0 Å². The minimum absolute atomic E-state index is 0.598. The second kappa shape index (κ2) is 19.1. The molecular weight excluding hydrogens is 875 g/mol. The lowest BCUT2D eigenvalue weighted by Crippen LogP contribution is -2.74. The number of benzene rings is 11. The lowest BCUT2D eigenvalue weighted by molar-refractivity contribution is 1.08. The molecule has 12 rings (SSSR count). The van der Waals surface area contributed by atoms with Crippen LogP contribution in [0, 0.1) is 0 Å². The highest BCUT2D eigenvalue weighted by atomic mass is 28.3. The van der Waals surface area contributed by atoms with Crippen molar-refractivity contribution in [3.8, 4) is 78.7 Å². The van der Waals surface area contributed by atoms with Crippen LogP contribution < -0.4 is 20.7 Å². The highest BCUT2D eigenvalue weighted by molar-refractivity contribution is 7.19. The Kier molecular flexibility index (Phi) is 11.6. The summed E-state index contributed by atoms with van der Waals surface area (Å²) in [6.45, 7) is 0. The molecule has 0 amide bonds. The van der Waals surface area contributed by atoms with Crippen LogP contribution in [0.5, 0.6) is 0 Å². The second-order valence-electron chi connectivity index (χ2n) is 17.9. The topological polar surface area (TPSA) is 38.7 Å². The van der Waals surface area contributed by atoms with Crippen LogP contribution in [0.1, 0.15) is 0 Å². The molecule has 11 aromatic carbocycles. The van der Waals surface area contributed by atoms with Crippen LogP contribution in [-0.4, -0.2) is 23.0 Å². The van der Waals surface area contributed by atoms with Crippen molar-refractivity contribution in [3.63, 3.8) is 0 Å². The highest BCUT2D eigenvalue weighted by Gasteiger charge is 2.41. The third-order valence-electron chi connectivity index (χ3n) is 13.7. The van der Waals surface area contributed by atoms with E-state index in [2.05, 4.69) is 279 Å². The quantitative estimate of drug-likeness (QED) is 0.0958.